The molecule has 2 aromatic carbocycles. The molecule has 0 aliphatic carbocycles. The molecule has 0 atom stereocenters. The summed E-state index contributed by atoms with van der Waals surface area (Å²) in [6, 6.07) is 17.2. The number of nitrogens with zero attached hydrogens (tertiary/aromatic N) is 3. The second-order valence-electron chi connectivity index (χ2n) is 6.36. The molecular formula is C21H20N4O2. The molecule has 0 aliphatic heterocycles. The number of H-pyrrole nitrogens is 1. The fraction of sp³-hybridized carbons (Fsp3) is 0.190. The van der Waals surface area contributed by atoms with Gasteiger partial charge in [-0.2, -0.15) is 9.50 Å². The zero-order valence-corrected chi connectivity index (χ0v) is 15.3. The van der Waals surface area contributed by atoms with Crippen LogP contribution in [0.4, 0.5) is 0 Å². The zero-order chi connectivity index (χ0) is 18.8. The van der Waals surface area contributed by atoms with Crippen LogP contribution in [0.25, 0.3) is 17.2 Å². The lowest BCUT2D eigenvalue weighted by molar-refractivity contribution is 0.296. The van der Waals surface area contributed by atoms with Gasteiger partial charge in [0.1, 0.15) is 12.4 Å². The molecule has 0 unspecified atom stereocenters. The molecule has 4 rings (SSSR count). The molecule has 0 radical (unpaired) electrons. The molecule has 27 heavy (non-hydrogen) atoms. The predicted molar refractivity (Wildman–Crippen MR) is 104 cm³/mol. The van der Waals surface area contributed by atoms with Gasteiger partial charge in [-0.1, -0.05) is 55.5 Å². The first kappa shape index (κ1) is 17.0. The van der Waals surface area contributed by atoms with E-state index >= 15 is 0 Å². The maximum Gasteiger partial charge on any atom is 0.274 e. The van der Waals surface area contributed by atoms with E-state index in [1.807, 2.05) is 55.5 Å². The van der Waals surface area contributed by atoms with E-state index in [-0.39, 0.29) is 12.2 Å². The Labute approximate surface area is 156 Å². The maximum atomic E-state index is 12.4. The summed E-state index contributed by atoms with van der Waals surface area (Å²) in [5.41, 5.74) is 3.44. The highest BCUT2D eigenvalue weighted by Crippen LogP contribution is 2.24. The van der Waals surface area contributed by atoms with Crippen LogP contribution in [-0.4, -0.2) is 19.6 Å². The number of nitrogens with one attached hydrogen (secondary N) is 1. The third-order valence-electron chi connectivity index (χ3n) is 4.47. The Balaban J connectivity index is 1.65. The minimum atomic E-state index is -0.214. The molecule has 6 nitrogen and oxygen atoms in total. The average Bonchev–Trinajstić information content (AvgIpc) is 3.12. The highest BCUT2D eigenvalue weighted by atomic mass is 16.5. The number of aryl methyl sites for hydroxylation is 2. The van der Waals surface area contributed by atoms with Crippen LogP contribution in [0.1, 0.15) is 23.7 Å². The summed E-state index contributed by atoms with van der Waals surface area (Å²) in [5, 5.41) is 3.00. The average molecular weight is 360 g/mol. The van der Waals surface area contributed by atoms with Gasteiger partial charge in [0.05, 0.1) is 5.69 Å². The third-order valence-corrected chi connectivity index (χ3v) is 4.47. The maximum absolute atomic E-state index is 12.4. The van der Waals surface area contributed by atoms with Crippen LogP contribution in [0.2, 0.25) is 0 Å². The van der Waals surface area contributed by atoms with Gasteiger partial charge in [-0.25, -0.2) is 4.98 Å². The van der Waals surface area contributed by atoms with Gasteiger partial charge in [0.15, 0.2) is 5.82 Å². The normalized spacial score (nSPS) is 11.0. The number of rotatable bonds is 5. The molecule has 0 aliphatic rings. The number of hydrogen-bond donors (Lipinski definition) is 1. The first-order chi connectivity index (χ1) is 13.2. The Morgan fingerprint density at radius 1 is 1.07 bits per heavy atom. The van der Waals surface area contributed by atoms with Crippen molar-refractivity contribution in [2.24, 2.45) is 0 Å². The second-order valence-corrected chi connectivity index (χ2v) is 6.36. The molecule has 0 fully saturated rings. The van der Waals surface area contributed by atoms with Gasteiger partial charge in [-0.15, -0.1) is 0 Å². The number of fused-ring (bicyclic) bond motifs is 1. The Kier molecular flexibility index (Phi) is 4.46. The number of aromatic nitrogens is 4. The van der Waals surface area contributed by atoms with E-state index in [1.165, 1.54) is 10.6 Å². The van der Waals surface area contributed by atoms with Gasteiger partial charge in [0, 0.05) is 11.6 Å². The van der Waals surface area contributed by atoms with Gasteiger partial charge in [-0.05, 0) is 24.5 Å². The van der Waals surface area contributed by atoms with Gasteiger partial charge >= 0.3 is 0 Å². The van der Waals surface area contributed by atoms with Crippen LogP contribution in [0.3, 0.4) is 0 Å². The monoisotopic (exact) mass is 360 g/mol. The van der Waals surface area contributed by atoms with E-state index in [4.69, 9.17) is 4.74 Å². The molecule has 0 bridgehead atoms. The van der Waals surface area contributed by atoms with Crippen LogP contribution in [0.5, 0.6) is 5.75 Å². The van der Waals surface area contributed by atoms with Crippen LogP contribution >= 0.6 is 0 Å². The first-order valence-corrected chi connectivity index (χ1v) is 8.91. The number of aromatic amines is 1. The fourth-order valence-corrected chi connectivity index (χ4v) is 3.07. The first-order valence-electron chi connectivity index (χ1n) is 8.91. The molecule has 1 N–H and O–H groups in total. The molecule has 2 heterocycles. The topological polar surface area (TPSA) is 72.3 Å². The standard InChI is InChI=1S/C21H20N4O2/c1-3-15-11-7-8-14(2)19(15)27-13-17-12-18(26)25-21(22-17)23-20(24-25)16-9-5-4-6-10-16/h4-12H,3,13H2,1-2H3,(H,22,23,24). The lowest BCUT2D eigenvalue weighted by atomic mass is 10.1. The van der Waals surface area contributed by atoms with Crippen molar-refractivity contribution < 1.29 is 4.74 Å². The van der Waals surface area contributed by atoms with Crippen molar-refractivity contribution in [3.05, 3.63) is 81.8 Å². The van der Waals surface area contributed by atoms with Gasteiger partial charge in [0.2, 0.25) is 0 Å². The predicted octanol–water partition coefficient (Wildman–Crippen LogP) is 3.53. The van der Waals surface area contributed by atoms with E-state index in [0.29, 0.717) is 17.3 Å². The van der Waals surface area contributed by atoms with Crippen LogP contribution in [0.15, 0.2) is 59.4 Å². The van der Waals surface area contributed by atoms with Crippen molar-refractivity contribution in [3.63, 3.8) is 0 Å². The lowest BCUT2D eigenvalue weighted by Crippen LogP contribution is -2.16. The van der Waals surface area contributed by atoms with Crippen LogP contribution in [0, 0.1) is 6.92 Å². The highest BCUT2D eigenvalue weighted by molar-refractivity contribution is 5.56. The molecule has 136 valence electrons. The van der Waals surface area contributed by atoms with Crippen molar-refractivity contribution >= 4 is 5.78 Å². The lowest BCUT2D eigenvalue weighted by Gasteiger charge is -2.12. The highest BCUT2D eigenvalue weighted by Gasteiger charge is 2.11. The molecule has 2 aromatic heterocycles. The number of hydrogen-bond acceptors (Lipinski definition) is 4. The van der Waals surface area contributed by atoms with Crippen molar-refractivity contribution in [3.8, 4) is 17.1 Å². The van der Waals surface area contributed by atoms with E-state index in [2.05, 4.69) is 22.0 Å². The summed E-state index contributed by atoms with van der Waals surface area (Å²) < 4.78 is 7.34. The zero-order valence-electron chi connectivity index (χ0n) is 15.3. The Morgan fingerprint density at radius 2 is 1.89 bits per heavy atom. The van der Waals surface area contributed by atoms with E-state index in [9.17, 15) is 4.79 Å². The molecule has 4 aromatic rings. The summed E-state index contributed by atoms with van der Waals surface area (Å²) in [5.74, 6) is 1.79. The summed E-state index contributed by atoms with van der Waals surface area (Å²) in [7, 11) is 0. The van der Waals surface area contributed by atoms with Crippen molar-refractivity contribution in [2.75, 3.05) is 0 Å². The molecule has 0 spiro atoms. The molecule has 0 saturated carbocycles. The molecule has 6 heteroatoms. The number of para-hydroxylation sites is 1. The van der Waals surface area contributed by atoms with Gasteiger partial charge < -0.3 is 4.74 Å². The Hall–Kier alpha value is -3.41. The minimum absolute atomic E-state index is 0.214. The largest absolute Gasteiger partial charge is 0.487 e. The fourth-order valence-electron chi connectivity index (χ4n) is 3.07. The van der Waals surface area contributed by atoms with E-state index < -0.39 is 0 Å². The summed E-state index contributed by atoms with van der Waals surface area (Å²) in [6.07, 6.45) is 0.881. The van der Waals surface area contributed by atoms with E-state index in [0.717, 1.165) is 28.9 Å². The quantitative estimate of drug-likeness (QED) is 0.591. The molecule has 0 amide bonds. The van der Waals surface area contributed by atoms with Crippen molar-refractivity contribution in [2.45, 2.75) is 26.9 Å². The summed E-state index contributed by atoms with van der Waals surface area (Å²) in [4.78, 5) is 21.4. The van der Waals surface area contributed by atoms with Crippen molar-refractivity contribution in [1.29, 1.82) is 0 Å². The Bertz CT molecular complexity index is 1150. The Morgan fingerprint density at radius 3 is 2.67 bits per heavy atom. The molecular weight excluding hydrogens is 340 g/mol. The molecule has 0 saturated heterocycles. The number of benzene rings is 2. The smallest absolute Gasteiger partial charge is 0.274 e. The summed E-state index contributed by atoms with van der Waals surface area (Å²) in [6.45, 7) is 4.32. The second kappa shape index (κ2) is 7.07. The van der Waals surface area contributed by atoms with Gasteiger partial charge in [-0.3, -0.25) is 9.89 Å². The van der Waals surface area contributed by atoms with E-state index in [1.54, 1.807) is 0 Å². The van der Waals surface area contributed by atoms with Crippen molar-refractivity contribution in [1.82, 2.24) is 19.6 Å². The van der Waals surface area contributed by atoms with Crippen LogP contribution < -0.4 is 10.3 Å². The van der Waals surface area contributed by atoms with Gasteiger partial charge in [0.25, 0.3) is 11.3 Å². The summed E-state index contributed by atoms with van der Waals surface area (Å²) >= 11 is 0. The SMILES string of the molecule is CCc1cccc(C)c1OCc1cc(=O)n2[nH]c(-c3ccccc3)nc2n1. The minimum Gasteiger partial charge on any atom is -0.487 e. The van der Waals surface area contributed by atoms with Crippen LogP contribution in [-0.2, 0) is 13.0 Å². The number of ether oxygens (including phenoxy) is 1. The third kappa shape index (κ3) is 3.33.